The van der Waals surface area contributed by atoms with Crippen LogP contribution in [-0.4, -0.2) is 67.7 Å². The van der Waals surface area contributed by atoms with E-state index in [-0.39, 0.29) is 47.9 Å². The Hall–Kier alpha value is -1.42. The molecule has 8 heteroatoms. The van der Waals surface area contributed by atoms with Gasteiger partial charge in [0.15, 0.2) is 5.96 Å². The second-order valence-electron chi connectivity index (χ2n) is 7.63. The minimum absolute atomic E-state index is 0. The van der Waals surface area contributed by atoms with Gasteiger partial charge in [-0.2, -0.15) is 0 Å². The largest absolute Gasteiger partial charge is 0.378 e. The molecule has 1 amide bonds. The Bertz CT molecular complexity index is 667. The minimum atomic E-state index is 0. The van der Waals surface area contributed by atoms with Crippen molar-refractivity contribution >= 4 is 35.8 Å². The van der Waals surface area contributed by atoms with Gasteiger partial charge >= 0.3 is 0 Å². The molecule has 0 aliphatic heterocycles. The molecule has 7 nitrogen and oxygen atoms in total. The van der Waals surface area contributed by atoms with E-state index >= 15 is 0 Å². The number of nitrogens with one attached hydrogen (secondary N) is 2. The van der Waals surface area contributed by atoms with Crippen molar-refractivity contribution in [2.45, 2.75) is 58.6 Å². The molecule has 1 aliphatic rings. The highest BCUT2D eigenvalue weighted by Crippen LogP contribution is 2.48. The molecule has 30 heavy (non-hydrogen) atoms. The molecule has 2 rings (SSSR count). The summed E-state index contributed by atoms with van der Waals surface area (Å²) in [6.07, 6.45) is 5.88. The number of carbonyl (C=O) groups excluding carboxylic acids is 1. The van der Waals surface area contributed by atoms with Gasteiger partial charge in [-0.05, 0) is 38.3 Å². The Balaban J connectivity index is 0.00000450. The molecule has 2 unspecified atom stereocenters. The van der Waals surface area contributed by atoms with Gasteiger partial charge in [0.2, 0.25) is 5.91 Å². The number of aliphatic imine (C=N–C) groups is 1. The molecule has 2 atom stereocenters. The molecule has 1 heterocycles. The van der Waals surface area contributed by atoms with Crippen LogP contribution in [0.1, 0.15) is 45.7 Å². The van der Waals surface area contributed by atoms with Crippen molar-refractivity contribution in [3.8, 4) is 0 Å². The summed E-state index contributed by atoms with van der Waals surface area (Å²) in [4.78, 5) is 22.8. The van der Waals surface area contributed by atoms with Crippen molar-refractivity contribution in [2.24, 2.45) is 10.4 Å². The number of nitrogens with zero attached hydrogens (tertiary/aromatic N) is 3. The predicted octanol–water partition coefficient (Wildman–Crippen LogP) is 2.85. The number of hydrogen-bond donors (Lipinski definition) is 2. The molecule has 0 aromatic carbocycles. The first-order chi connectivity index (χ1) is 14.0. The average Bonchev–Trinajstić information content (AvgIpc) is 2.74. The zero-order chi connectivity index (χ0) is 21.3. The summed E-state index contributed by atoms with van der Waals surface area (Å²) in [5, 5.41) is 6.69. The van der Waals surface area contributed by atoms with Crippen LogP contribution in [0.5, 0.6) is 0 Å². The van der Waals surface area contributed by atoms with Crippen molar-refractivity contribution < 1.29 is 9.53 Å². The van der Waals surface area contributed by atoms with Crippen LogP contribution in [0, 0.1) is 5.41 Å². The third-order valence-electron chi connectivity index (χ3n) is 6.27. The lowest BCUT2D eigenvalue weighted by atomic mass is 9.58. The molecule has 2 N–H and O–H groups in total. The topological polar surface area (TPSA) is 78.8 Å². The normalized spacial score (nSPS) is 20.0. The smallest absolute Gasteiger partial charge is 0.241 e. The van der Waals surface area contributed by atoms with Crippen molar-refractivity contribution in [1.82, 2.24) is 20.5 Å². The Morgan fingerprint density at radius 1 is 1.33 bits per heavy atom. The number of amides is 1. The highest BCUT2D eigenvalue weighted by Gasteiger charge is 2.53. The molecule has 1 aromatic heterocycles. The second kappa shape index (κ2) is 13.1. The van der Waals surface area contributed by atoms with Crippen LogP contribution in [0.15, 0.2) is 29.4 Å². The van der Waals surface area contributed by atoms with Crippen LogP contribution in [-0.2, 0) is 16.0 Å². The standard InChI is InChI=1S/C22H37N5O2.HI/c1-6-22(7-2)18(15-19(22)29-8-3)26-21(23-4)25-16-20(28)27(5)14-12-17-11-9-10-13-24-17;/h9-11,13,18-19H,6-8,12,14-16H2,1-5H3,(H2,23,25,26);1H. The van der Waals surface area contributed by atoms with Gasteiger partial charge in [-0.25, -0.2) is 0 Å². The molecular formula is C22H38IN5O2. The fraction of sp³-hybridized carbons (Fsp3) is 0.682. The van der Waals surface area contributed by atoms with E-state index in [2.05, 4.69) is 34.5 Å². The average molecular weight is 531 g/mol. The SMILES string of the molecule is CCOC1CC(NC(=NC)NCC(=O)N(C)CCc2ccccn2)C1(CC)CC.I. The van der Waals surface area contributed by atoms with Crippen molar-refractivity contribution in [3.63, 3.8) is 0 Å². The predicted molar refractivity (Wildman–Crippen MR) is 132 cm³/mol. The van der Waals surface area contributed by atoms with Crippen LogP contribution in [0.4, 0.5) is 0 Å². The highest BCUT2D eigenvalue weighted by molar-refractivity contribution is 14.0. The van der Waals surface area contributed by atoms with E-state index in [0.717, 1.165) is 38.0 Å². The van der Waals surface area contributed by atoms with Gasteiger partial charge in [-0.1, -0.05) is 19.9 Å². The maximum Gasteiger partial charge on any atom is 0.241 e. The Labute approximate surface area is 198 Å². The third kappa shape index (κ3) is 6.54. The first-order valence-electron chi connectivity index (χ1n) is 10.7. The van der Waals surface area contributed by atoms with E-state index in [1.165, 1.54) is 0 Å². The molecule has 1 saturated carbocycles. The van der Waals surface area contributed by atoms with Gasteiger partial charge in [0.05, 0.1) is 12.6 Å². The van der Waals surface area contributed by atoms with E-state index in [4.69, 9.17) is 4.74 Å². The summed E-state index contributed by atoms with van der Waals surface area (Å²) < 4.78 is 5.95. The summed E-state index contributed by atoms with van der Waals surface area (Å²) in [6, 6.07) is 6.14. The summed E-state index contributed by atoms with van der Waals surface area (Å²) in [6.45, 7) is 8.08. The lowest BCUT2D eigenvalue weighted by molar-refractivity contribution is -0.133. The number of aromatic nitrogens is 1. The highest BCUT2D eigenvalue weighted by atomic mass is 127. The fourth-order valence-corrected chi connectivity index (χ4v) is 4.19. The van der Waals surface area contributed by atoms with Crippen LogP contribution in [0.2, 0.25) is 0 Å². The fourth-order valence-electron chi connectivity index (χ4n) is 4.19. The van der Waals surface area contributed by atoms with Crippen LogP contribution < -0.4 is 10.6 Å². The number of hydrogen-bond acceptors (Lipinski definition) is 4. The number of halogens is 1. The summed E-state index contributed by atoms with van der Waals surface area (Å²) in [5.74, 6) is 0.699. The number of likely N-dealkylation sites (N-methyl/N-ethyl adjacent to an activating group) is 1. The molecule has 0 bridgehead atoms. The Morgan fingerprint density at radius 2 is 2.07 bits per heavy atom. The van der Waals surface area contributed by atoms with Gasteiger partial charge in [0.25, 0.3) is 0 Å². The van der Waals surface area contributed by atoms with E-state index in [0.29, 0.717) is 18.5 Å². The van der Waals surface area contributed by atoms with Crippen molar-refractivity contribution in [2.75, 3.05) is 33.8 Å². The number of pyridine rings is 1. The summed E-state index contributed by atoms with van der Waals surface area (Å²) >= 11 is 0. The molecular weight excluding hydrogens is 493 g/mol. The quantitative estimate of drug-likeness (QED) is 0.276. The molecule has 1 fully saturated rings. The van der Waals surface area contributed by atoms with E-state index in [1.807, 2.05) is 32.2 Å². The van der Waals surface area contributed by atoms with Crippen molar-refractivity contribution in [1.29, 1.82) is 0 Å². The van der Waals surface area contributed by atoms with Gasteiger partial charge < -0.3 is 20.3 Å². The minimum Gasteiger partial charge on any atom is -0.378 e. The van der Waals surface area contributed by atoms with Crippen LogP contribution >= 0.6 is 24.0 Å². The molecule has 1 aromatic rings. The molecule has 0 radical (unpaired) electrons. The zero-order valence-corrected chi connectivity index (χ0v) is 21.3. The van der Waals surface area contributed by atoms with E-state index in [1.54, 1.807) is 18.1 Å². The number of rotatable bonds is 10. The van der Waals surface area contributed by atoms with E-state index in [9.17, 15) is 4.79 Å². The van der Waals surface area contributed by atoms with Gasteiger partial charge in [0.1, 0.15) is 0 Å². The Morgan fingerprint density at radius 3 is 2.63 bits per heavy atom. The first-order valence-corrected chi connectivity index (χ1v) is 10.7. The lowest BCUT2D eigenvalue weighted by Crippen LogP contribution is -2.65. The molecule has 1 aliphatic carbocycles. The number of carbonyl (C=O) groups is 1. The monoisotopic (exact) mass is 531 g/mol. The van der Waals surface area contributed by atoms with Gasteiger partial charge in [-0.3, -0.25) is 14.8 Å². The van der Waals surface area contributed by atoms with Crippen LogP contribution in [0.3, 0.4) is 0 Å². The zero-order valence-electron chi connectivity index (χ0n) is 19.0. The maximum absolute atomic E-state index is 12.5. The maximum atomic E-state index is 12.5. The summed E-state index contributed by atoms with van der Waals surface area (Å²) in [7, 11) is 3.56. The lowest BCUT2D eigenvalue weighted by Gasteiger charge is -2.55. The molecule has 0 saturated heterocycles. The van der Waals surface area contributed by atoms with Gasteiger partial charge in [0, 0.05) is 57.0 Å². The number of guanidine groups is 1. The van der Waals surface area contributed by atoms with Gasteiger partial charge in [-0.15, -0.1) is 24.0 Å². The molecule has 0 spiro atoms. The Kier molecular flexibility index (Phi) is 11.6. The van der Waals surface area contributed by atoms with Crippen molar-refractivity contribution in [3.05, 3.63) is 30.1 Å². The summed E-state index contributed by atoms with van der Waals surface area (Å²) in [5.41, 5.74) is 1.11. The van der Waals surface area contributed by atoms with Crippen LogP contribution in [0.25, 0.3) is 0 Å². The molecule has 170 valence electrons. The van der Waals surface area contributed by atoms with E-state index < -0.39 is 0 Å². The third-order valence-corrected chi connectivity index (χ3v) is 6.27. The first kappa shape index (κ1) is 26.6. The number of ether oxygens (including phenoxy) is 1. The second-order valence-corrected chi connectivity index (χ2v) is 7.63.